The summed E-state index contributed by atoms with van der Waals surface area (Å²) in [6, 6.07) is 0. The molecule has 0 aliphatic heterocycles. The third-order valence-electron chi connectivity index (χ3n) is 1.69. The molecule has 0 rings (SSSR count). The number of rotatable bonds is 4. The van der Waals surface area contributed by atoms with Crippen molar-refractivity contribution in [3.05, 3.63) is 35.6 Å². The van der Waals surface area contributed by atoms with Crippen LogP contribution in [0.2, 0.25) is 0 Å². The minimum Gasteiger partial charge on any atom is -0.414 e. The molecule has 0 aliphatic rings. The fourth-order valence-electron chi connectivity index (χ4n) is 0.420. The van der Waals surface area contributed by atoms with Crippen LogP contribution >= 0.6 is 11.6 Å². The Balaban J connectivity index is -0.000000346. The summed E-state index contributed by atoms with van der Waals surface area (Å²) >= 11 is 5.46. The Labute approximate surface area is 126 Å². The summed E-state index contributed by atoms with van der Waals surface area (Å²) in [6.45, 7) is 12.4. The van der Waals surface area contributed by atoms with Crippen molar-refractivity contribution in [1.29, 1.82) is 0 Å². The average Bonchev–Trinajstić information content (AvgIpc) is 2.38. The zero-order valence-corrected chi connectivity index (χ0v) is 13.8. The van der Waals surface area contributed by atoms with Gasteiger partial charge in [0.25, 0.3) is 0 Å². The zero-order chi connectivity index (χ0) is 16.6. The Kier molecular flexibility index (Phi) is 19.5. The van der Waals surface area contributed by atoms with E-state index in [1.807, 2.05) is 13.8 Å². The lowest BCUT2D eigenvalue weighted by Gasteiger charge is -2.01. The van der Waals surface area contributed by atoms with Crippen molar-refractivity contribution < 1.29 is 17.9 Å². The Morgan fingerprint density at radius 3 is 2.00 bits per heavy atom. The summed E-state index contributed by atoms with van der Waals surface area (Å²) in [5, 5.41) is 0.155. The van der Waals surface area contributed by atoms with E-state index in [1.54, 1.807) is 19.1 Å². The second-order valence-electron chi connectivity index (χ2n) is 3.75. The highest BCUT2D eigenvalue weighted by molar-refractivity contribution is 6.31. The summed E-state index contributed by atoms with van der Waals surface area (Å²) in [6.07, 6.45) is 2.88. The van der Waals surface area contributed by atoms with Gasteiger partial charge >= 0.3 is 6.36 Å². The number of ether oxygens (including phenoxy) is 1. The van der Waals surface area contributed by atoms with Crippen molar-refractivity contribution in [3.8, 4) is 0 Å². The van der Waals surface area contributed by atoms with Gasteiger partial charge < -0.3 is 4.74 Å². The third kappa shape index (κ3) is 30.3. The molecule has 0 spiro atoms. The van der Waals surface area contributed by atoms with Gasteiger partial charge in [-0.05, 0) is 25.0 Å². The molecule has 5 heteroatoms. The van der Waals surface area contributed by atoms with Gasteiger partial charge in [0, 0.05) is 5.03 Å². The second-order valence-corrected chi connectivity index (χ2v) is 4.18. The van der Waals surface area contributed by atoms with Crippen molar-refractivity contribution in [2.24, 2.45) is 5.92 Å². The summed E-state index contributed by atoms with van der Waals surface area (Å²) < 4.78 is 37.6. The summed E-state index contributed by atoms with van der Waals surface area (Å²) in [5.74, 6) is 0.884. The summed E-state index contributed by atoms with van der Waals surface area (Å²) in [7, 11) is 0. The van der Waals surface area contributed by atoms with Crippen molar-refractivity contribution >= 4 is 11.6 Å². The highest BCUT2D eigenvalue weighted by Crippen LogP contribution is 2.17. The van der Waals surface area contributed by atoms with Crippen LogP contribution in [0.25, 0.3) is 0 Å². The lowest BCUT2D eigenvalue weighted by atomic mass is 10.2. The molecular weight excluding hydrogens is 289 g/mol. The lowest BCUT2D eigenvalue weighted by Crippen LogP contribution is -2.08. The number of hydrogen-bond donors (Lipinski definition) is 0. The van der Waals surface area contributed by atoms with E-state index < -0.39 is 6.36 Å². The van der Waals surface area contributed by atoms with Crippen LogP contribution in [-0.4, -0.2) is 6.36 Å². The first kappa shape index (κ1) is 24.1. The predicted octanol–water partition coefficient (Wildman–Crippen LogP) is 6.81. The van der Waals surface area contributed by atoms with Crippen LogP contribution in [0, 0.1) is 5.92 Å². The number of halogens is 4. The van der Waals surface area contributed by atoms with Crippen LogP contribution in [0.5, 0.6) is 0 Å². The van der Waals surface area contributed by atoms with Crippen LogP contribution in [0.3, 0.4) is 0 Å². The molecule has 0 aromatic rings. The number of hydrogen-bond acceptors (Lipinski definition) is 1. The van der Waals surface area contributed by atoms with E-state index in [0.717, 1.165) is 12.0 Å². The van der Waals surface area contributed by atoms with Crippen molar-refractivity contribution in [1.82, 2.24) is 0 Å². The Bertz CT molecular complexity index is 279. The molecule has 0 unspecified atom stereocenters. The molecule has 120 valence electrons. The quantitative estimate of drug-likeness (QED) is 0.409. The SMILES string of the molecule is CC.CCC(C)C.C\C=C/C=C(Cl)\C=C\OC(F)(F)F. The van der Waals surface area contributed by atoms with Gasteiger partial charge in [0.1, 0.15) is 0 Å². The zero-order valence-electron chi connectivity index (χ0n) is 13.1. The molecule has 0 bridgehead atoms. The molecule has 0 radical (unpaired) electrons. The van der Waals surface area contributed by atoms with Crippen molar-refractivity contribution in [2.75, 3.05) is 0 Å². The Morgan fingerprint density at radius 2 is 1.70 bits per heavy atom. The van der Waals surface area contributed by atoms with Gasteiger partial charge in [-0.3, -0.25) is 0 Å². The average molecular weight is 315 g/mol. The maximum atomic E-state index is 11.4. The standard InChI is InChI=1S/C8H8ClF3O.C5H12.C2H6/c1-2-3-4-7(9)5-6-13-8(10,11)12;1-4-5(2)3;1-2/h2-6H,1H3;5H,4H2,1-3H3;1-2H3/b3-2-,6-5+,7-4+;;. The first-order valence-electron chi connectivity index (χ1n) is 6.62. The first-order valence-corrected chi connectivity index (χ1v) is 7.00. The molecule has 0 heterocycles. The van der Waals surface area contributed by atoms with Crippen LogP contribution in [0.15, 0.2) is 35.6 Å². The Morgan fingerprint density at radius 1 is 1.25 bits per heavy atom. The normalized spacial score (nSPS) is 12.1. The van der Waals surface area contributed by atoms with Crippen molar-refractivity contribution in [2.45, 2.75) is 54.3 Å². The van der Waals surface area contributed by atoms with Gasteiger partial charge in [-0.1, -0.05) is 64.8 Å². The molecule has 0 aliphatic carbocycles. The molecule has 0 aromatic heterocycles. The maximum Gasteiger partial charge on any atom is 0.572 e. The largest absolute Gasteiger partial charge is 0.572 e. The van der Waals surface area contributed by atoms with Crippen molar-refractivity contribution in [3.63, 3.8) is 0 Å². The van der Waals surface area contributed by atoms with Gasteiger partial charge in [0.05, 0.1) is 6.26 Å². The molecular formula is C15H26ClF3O. The molecule has 1 nitrogen and oxygen atoms in total. The van der Waals surface area contributed by atoms with E-state index in [-0.39, 0.29) is 5.03 Å². The van der Waals surface area contributed by atoms with Crippen LogP contribution in [-0.2, 0) is 4.74 Å². The fourth-order valence-corrected chi connectivity index (χ4v) is 0.544. The number of alkyl halides is 3. The molecule has 20 heavy (non-hydrogen) atoms. The minimum absolute atomic E-state index is 0.155. The monoisotopic (exact) mass is 314 g/mol. The van der Waals surface area contributed by atoms with E-state index in [9.17, 15) is 13.2 Å². The van der Waals surface area contributed by atoms with Gasteiger partial charge in [-0.15, -0.1) is 13.2 Å². The fraction of sp³-hybridized carbons (Fsp3) is 0.600. The molecule has 0 saturated carbocycles. The third-order valence-corrected chi connectivity index (χ3v) is 1.95. The van der Waals surface area contributed by atoms with Gasteiger partial charge in [-0.25, -0.2) is 0 Å². The maximum absolute atomic E-state index is 11.4. The molecule has 0 atom stereocenters. The molecule has 0 N–H and O–H groups in total. The highest BCUT2D eigenvalue weighted by Gasteiger charge is 2.28. The van der Waals surface area contributed by atoms with Crippen LogP contribution in [0.4, 0.5) is 13.2 Å². The molecule has 0 amide bonds. The highest BCUT2D eigenvalue weighted by atomic mass is 35.5. The molecule has 0 aromatic carbocycles. The van der Waals surface area contributed by atoms with Crippen LogP contribution < -0.4 is 0 Å². The van der Waals surface area contributed by atoms with E-state index in [4.69, 9.17) is 11.6 Å². The van der Waals surface area contributed by atoms with Gasteiger partial charge in [0.15, 0.2) is 0 Å². The van der Waals surface area contributed by atoms with Gasteiger partial charge in [-0.2, -0.15) is 0 Å². The smallest absolute Gasteiger partial charge is 0.414 e. The minimum atomic E-state index is -4.66. The van der Waals surface area contributed by atoms with E-state index >= 15 is 0 Å². The van der Waals surface area contributed by atoms with Gasteiger partial charge in [0.2, 0.25) is 0 Å². The topological polar surface area (TPSA) is 9.23 Å². The predicted molar refractivity (Wildman–Crippen MR) is 81.5 cm³/mol. The van der Waals surface area contributed by atoms with E-state index in [0.29, 0.717) is 6.26 Å². The number of allylic oxidation sites excluding steroid dienone is 5. The van der Waals surface area contributed by atoms with E-state index in [2.05, 4.69) is 25.5 Å². The molecule has 0 saturated heterocycles. The van der Waals surface area contributed by atoms with Crippen LogP contribution in [0.1, 0.15) is 48.0 Å². The summed E-state index contributed by atoms with van der Waals surface area (Å²) in [4.78, 5) is 0. The lowest BCUT2D eigenvalue weighted by molar-refractivity contribution is -0.298. The Hall–Kier alpha value is -0.900. The summed E-state index contributed by atoms with van der Waals surface area (Å²) in [5.41, 5.74) is 0. The second kappa shape index (κ2) is 16.2. The first-order chi connectivity index (χ1) is 9.22. The van der Waals surface area contributed by atoms with E-state index in [1.165, 1.54) is 12.5 Å². The molecule has 0 fully saturated rings.